The number of amides is 2. The minimum Gasteiger partial charge on any atom is -0.484 e. The van der Waals surface area contributed by atoms with E-state index in [4.69, 9.17) is 4.74 Å². The maximum absolute atomic E-state index is 12.9. The molecule has 0 fully saturated rings. The molecule has 0 saturated carbocycles. The molecule has 0 spiro atoms. The van der Waals surface area contributed by atoms with Crippen LogP contribution >= 0.6 is 0 Å². The maximum Gasteiger partial charge on any atom is 0.258 e. The van der Waals surface area contributed by atoms with E-state index in [-0.39, 0.29) is 30.8 Å². The predicted molar refractivity (Wildman–Crippen MR) is 108 cm³/mol. The van der Waals surface area contributed by atoms with Crippen molar-refractivity contribution in [1.29, 1.82) is 0 Å². The van der Waals surface area contributed by atoms with Crippen molar-refractivity contribution in [3.8, 4) is 5.75 Å². The van der Waals surface area contributed by atoms with Gasteiger partial charge in [-0.15, -0.1) is 0 Å². The molecule has 0 unspecified atom stereocenters. The molecule has 148 valence electrons. The van der Waals surface area contributed by atoms with Gasteiger partial charge in [0, 0.05) is 18.7 Å². The molecule has 0 bridgehead atoms. The van der Waals surface area contributed by atoms with Crippen molar-refractivity contribution in [3.05, 3.63) is 101 Å². The van der Waals surface area contributed by atoms with Gasteiger partial charge in [0.25, 0.3) is 11.8 Å². The molecule has 0 aliphatic rings. The normalized spacial score (nSPS) is 10.2. The lowest BCUT2D eigenvalue weighted by Gasteiger charge is -2.09. The van der Waals surface area contributed by atoms with Gasteiger partial charge in [-0.05, 0) is 41.5 Å². The summed E-state index contributed by atoms with van der Waals surface area (Å²) in [5, 5.41) is 5.55. The summed E-state index contributed by atoms with van der Waals surface area (Å²) < 4.78 is 18.4. The van der Waals surface area contributed by atoms with Crippen molar-refractivity contribution in [2.24, 2.45) is 0 Å². The number of nitrogens with one attached hydrogen (secondary N) is 2. The number of carbonyl (C=O) groups excluding carboxylic acids is 2. The second-order valence-corrected chi connectivity index (χ2v) is 6.39. The summed E-state index contributed by atoms with van der Waals surface area (Å²) in [7, 11) is 0. The number of carbonyl (C=O) groups is 2. The lowest BCUT2D eigenvalue weighted by atomic mass is 10.2. The zero-order chi connectivity index (χ0) is 20.5. The largest absolute Gasteiger partial charge is 0.484 e. The maximum atomic E-state index is 12.9. The van der Waals surface area contributed by atoms with Crippen molar-refractivity contribution < 1.29 is 18.7 Å². The quantitative estimate of drug-likeness (QED) is 0.617. The van der Waals surface area contributed by atoms with Gasteiger partial charge in [-0.3, -0.25) is 9.59 Å². The Bertz CT molecular complexity index is 959. The smallest absolute Gasteiger partial charge is 0.258 e. The average molecular weight is 392 g/mol. The molecule has 6 heteroatoms. The lowest BCUT2D eigenvalue weighted by Crippen LogP contribution is -2.28. The van der Waals surface area contributed by atoms with Crippen LogP contribution in [0.1, 0.15) is 21.5 Å². The Hall–Kier alpha value is -3.67. The fourth-order valence-electron chi connectivity index (χ4n) is 2.61. The van der Waals surface area contributed by atoms with Gasteiger partial charge in [-0.1, -0.05) is 48.5 Å². The highest BCUT2D eigenvalue weighted by molar-refractivity contribution is 5.94. The van der Waals surface area contributed by atoms with E-state index in [0.29, 0.717) is 17.9 Å². The van der Waals surface area contributed by atoms with Crippen LogP contribution in [0.25, 0.3) is 0 Å². The highest BCUT2D eigenvalue weighted by Crippen LogP contribution is 2.13. The first-order valence-corrected chi connectivity index (χ1v) is 9.16. The lowest BCUT2D eigenvalue weighted by molar-refractivity contribution is -0.123. The number of hydrogen-bond donors (Lipinski definition) is 2. The summed E-state index contributed by atoms with van der Waals surface area (Å²) in [6.45, 7) is 0.525. The van der Waals surface area contributed by atoms with Crippen molar-refractivity contribution in [1.82, 2.24) is 10.6 Å². The van der Waals surface area contributed by atoms with E-state index < -0.39 is 0 Å². The van der Waals surface area contributed by atoms with Gasteiger partial charge in [0.15, 0.2) is 6.61 Å². The highest BCUT2D eigenvalue weighted by Gasteiger charge is 2.08. The second kappa shape index (κ2) is 10.0. The molecule has 5 nitrogen and oxygen atoms in total. The molecule has 0 atom stereocenters. The molecule has 0 saturated heterocycles. The van der Waals surface area contributed by atoms with E-state index in [9.17, 15) is 14.0 Å². The van der Waals surface area contributed by atoms with E-state index >= 15 is 0 Å². The standard InChI is InChI=1S/C23H21FN2O3/c24-20-11-9-18(10-12-20)14-25-22(27)16-29-21-8-4-7-19(13-21)23(28)26-15-17-5-2-1-3-6-17/h1-13H,14-16H2,(H,25,27)(H,26,28). The van der Waals surface area contributed by atoms with Crippen molar-refractivity contribution >= 4 is 11.8 Å². The molecule has 0 aliphatic heterocycles. The van der Waals surface area contributed by atoms with Crippen LogP contribution in [0.4, 0.5) is 4.39 Å². The molecule has 2 amide bonds. The first-order valence-electron chi connectivity index (χ1n) is 9.16. The van der Waals surface area contributed by atoms with Crippen LogP contribution in [-0.4, -0.2) is 18.4 Å². The molecule has 0 radical (unpaired) electrons. The highest BCUT2D eigenvalue weighted by atomic mass is 19.1. The molecule has 3 rings (SSSR count). The number of halogens is 1. The van der Waals surface area contributed by atoms with Gasteiger partial charge in [-0.2, -0.15) is 0 Å². The summed E-state index contributed by atoms with van der Waals surface area (Å²) >= 11 is 0. The zero-order valence-corrected chi connectivity index (χ0v) is 15.7. The average Bonchev–Trinajstić information content (AvgIpc) is 2.76. The predicted octanol–water partition coefficient (Wildman–Crippen LogP) is 3.45. The molecule has 0 heterocycles. The van der Waals surface area contributed by atoms with E-state index in [1.54, 1.807) is 36.4 Å². The van der Waals surface area contributed by atoms with Crippen LogP contribution in [0.2, 0.25) is 0 Å². The number of ether oxygens (including phenoxy) is 1. The number of hydrogen-bond acceptors (Lipinski definition) is 3. The van der Waals surface area contributed by atoms with Crippen LogP contribution in [0.15, 0.2) is 78.9 Å². The third-order valence-corrected chi connectivity index (χ3v) is 4.16. The summed E-state index contributed by atoms with van der Waals surface area (Å²) in [6, 6.07) is 22.2. The van der Waals surface area contributed by atoms with E-state index in [1.807, 2.05) is 30.3 Å². The summed E-state index contributed by atoms with van der Waals surface area (Å²) in [4.78, 5) is 24.3. The summed E-state index contributed by atoms with van der Waals surface area (Å²) in [6.07, 6.45) is 0. The van der Waals surface area contributed by atoms with Gasteiger partial charge in [-0.25, -0.2) is 4.39 Å². The van der Waals surface area contributed by atoms with Crippen LogP contribution in [0.3, 0.4) is 0 Å². The summed E-state index contributed by atoms with van der Waals surface area (Å²) in [5.74, 6) is -0.432. The topological polar surface area (TPSA) is 67.4 Å². The molecular weight excluding hydrogens is 371 g/mol. The fraction of sp³-hybridized carbons (Fsp3) is 0.130. The van der Waals surface area contributed by atoms with Gasteiger partial charge in [0.1, 0.15) is 11.6 Å². The summed E-state index contributed by atoms with van der Waals surface area (Å²) in [5.41, 5.74) is 2.24. The third-order valence-electron chi connectivity index (χ3n) is 4.16. The Morgan fingerprint density at radius 3 is 2.24 bits per heavy atom. The third kappa shape index (κ3) is 6.46. The Morgan fingerprint density at radius 2 is 1.48 bits per heavy atom. The Balaban J connectivity index is 1.46. The van der Waals surface area contributed by atoms with Gasteiger partial charge < -0.3 is 15.4 Å². The van der Waals surface area contributed by atoms with Crippen molar-refractivity contribution in [3.63, 3.8) is 0 Å². The first-order chi connectivity index (χ1) is 14.1. The van der Waals surface area contributed by atoms with E-state index in [0.717, 1.165) is 11.1 Å². The molecular formula is C23H21FN2O3. The monoisotopic (exact) mass is 392 g/mol. The van der Waals surface area contributed by atoms with E-state index in [2.05, 4.69) is 10.6 Å². The SMILES string of the molecule is O=C(COc1cccc(C(=O)NCc2ccccc2)c1)NCc1ccc(F)cc1. The number of benzene rings is 3. The van der Waals surface area contributed by atoms with Crippen LogP contribution in [0, 0.1) is 5.82 Å². The second-order valence-electron chi connectivity index (χ2n) is 6.39. The van der Waals surface area contributed by atoms with Crippen LogP contribution in [-0.2, 0) is 17.9 Å². The molecule has 0 aliphatic carbocycles. The minimum atomic E-state index is -0.323. The van der Waals surface area contributed by atoms with Crippen molar-refractivity contribution in [2.45, 2.75) is 13.1 Å². The van der Waals surface area contributed by atoms with E-state index in [1.165, 1.54) is 12.1 Å². The van der Waals surface area contributed by atoms with Crippen molar-refractivity contribution in [2.75, 3.05) is 6.61 Å². The molecule has 3 aromatic carbocycles. The Morgan fingerprint density at radius 1 is 0.793 bits per heavy atom. The number of rotatable bonds is 8. The van der Waals surface area contributed by atoms with Gasteiger partial charge in [0.2, 0.25) is 0 Å². The molecule has 3 aromatic rings. The van der Waals surface area contributed by atoms with Crippen LogP contribution in [0.5, 0.6) is 5.75 Å². The molecule has 0 aromatic heterocycles. The first kappa shape index (κ1) is 20.1. The zero-order valence-electron chi connectivity index (χ0n) is 15.7. The fourth-order valence-corrected chi connectivity index (χ4v) is 2.61. The van der Waals surface area contributed by atoms with Crippen LogP contribution < -0.4 is 15.4 Å². The Kier molecular flexibility index (Phi) is 6.95. The van der Waals surface area contributed by atoms with Gasteiger partial charge >= 0.3 is 0 Å². The minimum absolute atomic E-state index is 0.184. The molecule has 2 N–H and O–H groups in total. The van der Waals surface area contributed by atoms with Gasteiger partial charge in [0.05, 0.1) is 0 Å². The molecule has 29 heavy (non-hydrogen) atoms. The Labute approximate surface area is 168 Å².